The van der Waals surface area contributed by atoms with Crippen LogP contribution >= 0.6 is 0 Å². The van der Waals surface area contributed by atoms with Crippen LogP contribution in [-0.2, 0) is 34.1 Å². The van der Waals surface area contributed by atoms with E-state index in [-0.39, 0.29) is 66.1 Å². The molecule has 3 N–H and O–H groups in total. The molecule has 4 fully saturated rings. The lowest BCUT2D eigenvalue weighted by molar-refractivity contribution is -0.181. The molecular weight excluding hydrogens is 622 g/mol. The number of ketones is 2. The Morgan fingerprint density at radius 1 is 1.04 bits per heavy atom. The molecule has 8 atom stereocenters. The number of nitrogens with one attached hydrogen (secondary N) is 1. The Bertz CT molecular complexity index is 1530. The third-order valence-corrected chi connectivity index (χ3v) is 13.2. The number of hydrogen-bond donors (Lipinski definition) is 3. The zero-order valence-corrected chi connectivity index (χ0v) is 29.5. The summed E-state index contributed by atoms with van der Waals surface area (Å²) in [5, 5.41) is 26.5. The van der Waals surface area contributed by atoms with Crippen LogP contribution in [0.25, 0.3) is 0 Å². The summed E-state index contributed by atoms with van der Waals surface area (Å²) in [5.41, 5.74) is -1.15. The number of fused-ring (bicyclic) bond motifs is 5. The maximum atomic E-state index is 13.6. The van der Waals surface area contributed by atoms with Crippen LogP contribution in [0.3, 0.4) is 0 Å². The van der Waals surface area contributed by atoms with Crippen LogP contribution < -0.4 is 5.32 Å². The van der Waals surface area contributed by atoms with Gasteiger partial charge in [0, 0.05) is 41.7 Å². The smallest absolute Gasteiger partial charge is 0.306 e. The van der Waals surface area contributed by atoms with E-state index in [9.17, 15) is 29.4 Å². The quantitative estimate of drug-likeness (QED) is 0.297. The highest BCUT2D eigenvalue weighted by Gasteiger charge is 2.68. The van der Waals surface area contributed by atoms with E-state index in [0.29, 0.717) is 19.6 Å². The molecule has 6 rings (SSSR count). The minimum Gasteiger partial charge on any atom is -0.458 e. The molecule has 4 aliphatic carbocycles. The van der Waals surface area contributed by atoms with Crippen LogP contribution in [0.2, 0.25) is 0 Å². The molecule has 1 aromatic rings. The number of rotatable bonds is 10. The van der Waals surface area contributed by atoms with Gasteiger partial charge in [-0.3, -0.25) is 19.2 Å². The second-order valence-corrected chi connectivity index (χ2v) is 16.5. The number of esters is 1. The zero-order valence-electron chi connectivity index (χ0n) is 29.5. The zero-order chi connectivity index (χ0) is 35.2. The van der Waals surface area contributed by atoms with Crippen LogP contribution in [0, 0.1) is 28.6 Å². The first kappa shape index (κ1) is 35.7. The molecule has 0 radical (unpaired) electrons. The summed E-state index contributed by atoms with van der Waals surface area (Å²) >= 11 is 0. The highest BCUT2D eigenvalue weighted by atomic mass is 16.5. The van der Waals surface area contributed by atoms with Crippen LogP contribution in [-0.4, -0.2) is 70.7 Å². The van der Waals surface area contributed by atoms with E-state index in [2.05, 4.69) is 38.2 Å². The predicted octanol–water partition coefficient (Wildman–Crippen LogP) is 4.92. The number of Topliss-reactive ketones (excluding diaryl/α,β-unsaturated/α-hetero) is 1. The van der Waals surface area contributed by atoms with Crippen LogP contribution in [0.4, 0.5) is 0 Å². The number of aliphatic hydroxyl groups excluding tert-OH is 1. The van der Waals surface area contributed by atoms with E-state index in [1.54, 1.807) is 12.2 Å². The Morgan fingerprint density at radius 2 is 1.80 bits per heavy atom. The van der Waals surface area contributed by atoms with Crippen LogP contribution in [0.15, 0.2) is 54.1 Å². The molecule has 1 aliphatic heterocycles. The van der Waals surface area contributed by atoms with Crippen LogP contribution in [0.5, 0.6) is 0 Å². The molecule has 1 aromatic carbocycles. The molecule has 1 heterocycles. The number of aliphatic hydroxyl groups is 2. The van der Waals surface area contributed by atoms with Crippen LogP contribution in [0.1, 0.15) is 97.5 Å². The van der Waals surface area contributed by atoms with Gasteiger partial charge in [0.2, 0.25) is 11.7 Å². The molecule has 0 bridgehead atoms. The van der Waals surface area contributed by atoms with Crippen molar-refractivity contribution in [3.8, 4) is 0 Å². The minimum absolute atomic E-state index is 0.00638. The second kappa shape index (κ2) is 13.2. The highest BCUT2D eigenvalue weighted by Crippen LogP contribution is 2.67. The summed E-state index contributed by atoms with van der Waals surface area (Å²) in [5.74, 6) is -1.53. The molecule has 1 amide bonds. The Balaban J connectivity index is 1.00. The van der Waals surface area contributed by atoms with Gasteiger partial charge in [0.15, 0.2) is 12.4 Å². The summed E-state index contributed by atoms with van der Waals surface area (Å²) < 4.78 is 11.3. The summed E-state index contributed by atoms with van der Waals surface area (Å²) in [7, 11) is 0. The summed E-state index contributed by atoms with van der Waals surface area (Å²) in [4.78, 5) is 51.1. The van der Waals surface area contributed by atoms with Crippen molar-refractivity contribution in [2.45, 2.75) is 115 Å². The lowest BCUT2D eigenvalue weighted by Crippen LogP contribution is -2.61. The third kappa shape index (κ3) is 6.47. The van der Waals surface area contributed by atoms with Crippen molar-refractivity contribution in [3.63, 3.8) is 0 Å². The van der Waals surface area contributed by atoms with E-state index >= 15 is 0 Å². The normalized spacial score (nSPS) is 37.7. The lowest BCUT2D eigenvalue weighted by Gasteiger charge is -2.59. The fourth-order valence-corrected chi connectivity index (χ4v) is 10.7. The van der Waals surface area contributed by atoms with Gasteiger partial charge in [0.1, 0.15) is 5.60 Å². The SMILES string of the molecule is CC1(C)C[C@](CCNC(=O)CCC(=O)OCC(=O)[C@@]2(O)CC[C@H]3[C@@H]4CCC5=CC(=O)C=C[C@]5(C)[C@H]4[C@@H](O)C[C@@]32C)(c2ccccc2)CCO1. The van der Waals surface area contributed by atoms with Gasteiger partial charge in [0.05, 0.1) is 18.1 Å². The van der Waals surface area contributed by atoms with E-state index < -0.39 is 40.9 Å². The van der Waals surface area contributed by atoms with Gasteiger partial charge in [-0.1, -0.05) is 55.8 Å². The Hall–Kier alpha value is -3.14. The average Bonchev–Trinajstić information content (AvgIpc) is 3.33. The van der Waals surface area contributed by atoms with Gasteiger partial charge in [-0.2, -0.15) is 0 Å². The second-order valence-electron chi connectivity index (χ2n) is 16.5. The van der Waals surface area contributed by atoms with Gasteiger partial charge in [0.25, 0.3) is 0 Å². The molecule has 9 nitrogen and oxygen atoms in total. The molecule has 9 heteroatoms. The first-order valence-electron chi connectivity index (χ1n) is 18.1. The number of amides is 1. The van der Waals surface area contributed by atoms with Crippen molar-refractivity contribution in [2.24, 2.45) is 28.6 Å². The molecular formula is C40H53NO8. The number of benzene rings is 1. The van der Waals surface area contributed by atoms with Crippen molar-refractivity contribution < 1.29 is 38.9 Å². The summed E-state index contributed by atoms with van der Waals surface area (Å²) in [6.45, 7) is 8.71. The molecule has 0 unspecified atom stereocenters. The topological polar surface area (TPSA) is 139 Å². The Morgan fingerprint density at radius 3 is 2.53 bits per heavy atom. The van der Waals surface area contributed by atoms with E-state index in [4.69, 9.17) is 9.47 Å². The minimum atomic E-state index is -1.73. The number of hydrogen-bond acceptors (Lipinski definition) is 8. The van der Waals surface area contributed by atoms with Crippen molar-refractivity contribution in [2.75, 3.05) is 19.8 Å². The van der Waals surface area contributed by atoms with Gasteiger partial charge in [-0.25, -0.2) is 0 Å². The van der Waals surface area contributed by atoms with Gasteiger partial charge >= 0.3 is 5.97 Å². The summed E-state index contributed by atoms with van der Waals surface area (Å²) in [6, 6.07) is 10.3. The van der Waals surface area contributed by atoms with Crippen molar-refractivity contribution >= 4 is 23.4 Å². The molecule has 0 spiro atoms. The van der Waals surface area contributed by atoms with Gasteiger partial charge < -0.3 is 25.0 Å². The molecule has 5 aliphatic rings. The Kier molecular flexibility index (Phi) is 9.61. The fraction of sp³-hybridized carbons (Fsp3) is 0.650. The van der Waals surface area contributed by atoms with Crippen molar-refractivity contribution in [3.05, 3.63) is 59.7 Å². The van der Waals surface area contributed by atoms with E-state index in [1.165, 1.54) is 5.56 Å². The fourth-order valence-electron chi connectivity index (χ4n) is 10.7. The third-order valence-electron chi connectivity index (χ3n) is 13.2. The maximum absolute atomic E-state index is 13.6. The lowest BCUT2D eigenvalue weighted by atomic mass is 9.46. The van der Waals surface area contributed by atoms with E-state index in [1.807, 2.05) is 31.2 Å². The number of ether oxygens (including phenoxy) is 2. The largest absolute Gasteiger partial charge is 0.458 e. The summed E-state index contributed by atoms with van der Waals surface area (Å²) in [6.07, 6.45) is 9.33. The number of carbonyl (C=O) groups is 4. The van der Waals surface area contributed by atoms with Gasteiger partial charge in [-0.15, -0.1) is 0 Å². The van der Waals surface area contributed by atoms with Gasteiger partial charge in [-0.05, 0) is 94.8 Å². The highest BCUT2D eigenvalue weighted by molar-refractivity contribution is 6.01. The average molecular weight is 676 g/mol. The standard InChI is InChI=1S/C40H53NO8/c1-36(2)25-39(19-21-49-36,26-8-6-5-7-9-26)18-20-41-33(45)12-13-34(46)48-24-32(44)40(47)17-15-30-29-11-10-27-22-28(42)14-16-37(27,3)35(29)31(43)23-38(30,40)4/h5-9,14,16,22,29-31,35,43,47H,10-13,15,17-21,23-25H2,1-4H3,(H,41,45)/t29-,30-,31-,35+,37-,38-,39+,40-/m0/s1. The van der Waals surface area contributed by atoms with Crippen molar-refractivity contribution in [1.29, 1.82) is 0 Å². The number of allylic oxidation sites excluding steroid dienone is 4. The maximum Gasteiger partial charge on any atom is 0.306 e. The monoisotopic (exact) mass is 675 g/mol. The Labute approximate surface area is 289 Å². The molecule has 3 saturated carbocycles. The number of carbonyl (C=O) groups excluding carboxylic acids is 4. The van der Waals surface area contributed by atoms with E-state index in [0.717, 1.165) is 37.7 Å². The molecule has 0 aromatic heterocycles. The predicted molar refractivity (Wildman–Crippen MR) is 183 cm³/mol. The first-order chi connectivity index (χ1) is 23.1. The molecule has 266 valence electrons. The molecule has 1 saturated heterocycles. The first-order valence-corrected chi connectivity index (χ1v) is 18.1. The molecule has 49 heavy (non-hydrogen) atoms. The van der Waals surface area contributed by atoms with Crippen molar-refractivity contribution in [1.82, 2.24) is 5.32 Å².